The molecule has 128 valence electrons. The van der Waals surface area contributed by atoms with Gasteiger partial charge in [-0.1, -0.05) is 35.9 Å². The zero-order valence-corrected chi connectivity index (χ0v) is 15.6. The molecular formula is C21H15ClN2OS. The lowest BCUT2D eigenvalue weighted by Gasteiger charge is -2.12. The highest BCUT2D eigenvalue weighted by atomic mass is 35.5. The highest BCUT2D eigenvalue weighted by Gasteiger charge is 2.15. The lowest BCUT2D eigenvalue weighted by atomic mass is 10.1. The van der Waals surface area contributed by atoms with Crippen LogP contribution in [0.25, 0.3) is 21.5 Å². The summed E-state index contributed by atoms with van der Waals surface area (Å²) >= 11 is 7.61. The smallest absolute Gasteiger partial charge is 0.256 e. The second-order valence-corrected chi connectivity index (χ2v) is 7.35. The van der Waals surface area contributed by atoms with E-state index in [4.69, 9.17) is 16.6 Å². The molecular weight excluding hydrogens is 364 g/mol. The fraction of sp³-hybridized carbons (Fsp3) is 0.0476. The Bertz CT molecular complexity index is 1110. The molecule has 2 aromatic heterocycles. The van der Waals surface area contributed by atoms with Crippen LogP contribution in [-0.4, -0.2) is 10.9 Å². The number of carbonyl (C=O) groups excluding carboxylic acids is 1. The van der Waals surface area contributed by atoms with Crippen molar-refractivity contribution in [3.8, 4) is 10.6 Å². The van der Waals surface area contributed by atoms with Crippen LogP contribution in [0.1, 0.15) is 15.9 Å². The number of nitrogens with one attached hydrogen (secondary N) is 1. The fourth-order valence-electron chi connectivity index (χ4n) is 2.87. The summed E-state index contributed by atoms with van der Waals surface area (Å²) in [5.41, 5.74) is 3.88. The molecule has 0 unspecified atom stereocenters. The minimum atomic E-state index is -0.160. The number of carbonyl (C=O) groups is 1. The normalized spacial score (nSPS) is 10.8. The monoisotopic (exact) mass is 378 g/mol. The number of para-hydroxylation sites is 1. The molecule has 4 rings (SSSR count). The maximum atomic E-state index is 13.0. The number of aromatic nitrogens is 1. The third-order valence-corrected chi connectivity index (χ3v) is 5.30. The van der Waals surface area contributed by atoms with Crippen LogP contribution in [0.2, 0.25) is 5.02 Å². The molecule has 1 amide bonds. The third-order valence-electron chi connectivity index (χ3n) is 4.17. The molecule has 0 fully saturated rings. The molecule has 0 aliphatic rings. The van der Waals surface area contributed by atoms with Gasteiger partial charge in [0.05, 0.1) is 21.7 Å². The van der Waals surface area contributed by atoms with E-state index in [1.165, 1.54) is 0 Å². The highest BCUT2D eigenvalue weighted by molar-refractivity contribution is 7.13. The van der Waals surface area contributed by atoms with Gasteiger partial charge >= 0.3 is 0 Å². The summed E-state index contributed by atoms with van der Waals surface area (Å²) in [6.45, 7) is 1.92. The van der Waals surface area contributed by atoms with Crippen molar-refractivity contribution in [2.75, 3.05) is 5.32 Å². The van der Waals surface area contributed by atoms with Crippen LogP contribution in [0.15, 0.2) is 66.0 Å². The molecule has 0 spiro atoms. The third kappa shape index (κ3) is 3.21. The van der Waals surface area contributed by atoms with E-state index in [-0.39, 0.29) is 5.91 Å². The van der Waals surface area contributed by atoms with Gasteiger partial charge in [0.15, 0.2) is 0 Å². The SMILES string of the molecule is Cc1cc(Cl)ccc1NC(=O)c1cc(-c2cccs2)nc2ccccc12. The van der Waals surface area contributed by atoms with Crippen molar-refractivity contribution >= 4 is 45.4 Å². The van der Waals surface area contributed by atoms with E-state index in [9.17, 15) is 4.79 Å². The Kier molecular flexibility index (Phi) is 4.45. The van der Waals surface area contributed by atoms with E-state index in [0.29, 0.717) is 10.6 Å². The zero-order valence-electron chi connectivity index (χ0n) is 14.0. The second-order valence-electron chi connectivity index (χ2n) is 5.96. The summed E-state index contributed by atoms with van der Waals surface area (Å²) in [4.78, 5) is 18.8. The molecule has 0 aliphatic carbocycles. The van der Waals surface area contributed by atoms with Crippen LogP contribution in [0.3, 0.4) is 0 Å². The second kappa shape index (κ2) is 6.90. The van der Waals surface area contributed by atoms with E-state index in [0.717, 1.165) is 32.7 Å². The Morgan fingerprint density at radius 3 is 2.69 bits per heavy atom. The molecule has 4 aromatic rings. The Balaban J connectivity index is 1.80. The molecule has 2 heterocycles. The Morgan fingerprint density at radius 2 is 1.92 bits per heavy atom. The number of fused-ring (bicyclic) bond motifs is 1. The summed E-state index contributed by atoms with van der Waals surface area (Å²) in [6.07, 6.45) is 0. The van der Waals surface area contributed by atoms with Gasteiger partial charge in [-0.05, 0) is 54.3 Å². The van der Waals surface area contributed by atoms with Gasteiger partial charge in [-0.3, -0.25) is 4.79 Å². The summed E-state index contributed by atoms with van der Waals surface area (Å²) in [5.74, 6) is -0.160. The number of hydrogen-bond donors (Lipinski definition) is 1. The molecule has 3 nitrogen and oxygen atoms in total. The molecule has 0 atom stereocenters. The van der Waals surface area contributed by atoms with Gasteiger partial charge in [0.1, 0.15) is 0 Å². The minimum Gasteiger partial charge on any atom is -0.322 e. The van der Waals surface area contributed by atoms with Crippen LogP contribution in [0.4, 0.5) is 5.69 Å². The lowest BCUT2D eigenvalue weighted by Crippen LogP contribution is -2.13. The first-order valence-electron chi connectivity index (χ1n) is 8.13. The summed E-state index contributed by atoms with van der Waals surface area (Å²) in [7, 11) is 0. The number of halogens is 1. The van der Waals surface area contributed by atoms with Crippen molar-refractivity contribution in [3.05, 3.63) is 82.2 Å². The standard InChI is InChI=1S/C21H15ClN2OS/c1-13-11-14(22)8-9-17(13)24-21(25)16-12-19(20-7-4-10-26-20)23-18-6-3-2-5-15(16)18/h2-12H,1H3,(H,24,25). The molecule has 2 aromatic carbocycles. The number of pyridine rings is 1. The van der Waals surface area contributed by atoms with Crippen molar-refractivity contribution in [1.29, 1.82) is 0 Å². The van der Waals surface area contributed by atoms with Gasteiger partial charge in [0.2, 0.25) is 0 Å². The summed E-state index contributed by atoms with van der Waals surface area (Å²) in [5, 5.41) is 6.48. The van der Waals surface area contributed by atoms with Crippen LogP contribution >= 0.6 is 22.9 Å². The van der Waals surface area contributed by atoms with E-state index in [1.54, 1.807) is 17.4 Å². The molecule has 0 saturated carbocycles. The van der Waals surface area contributed by atoms with E-state index >= 15 is 0 Å². The zero-order chi connectivity index (χ0) is 18.1. The van der Waals surface area contributed by atoms with Gasteiger partial charge < -0.3 is 5.32 Å². The summed E-state index contributed by atoms with van der Waals surface area (Å²) < 4.78 is 0. The first kappa shape index (κ1) is 16.8. The lowest BCUT2D eigenvalue weighted by molar-refractivity contribution is 0.102. The number of anilines is 1. The van der Waals surface area contributed by atoms with Gasteiger partial charge in [0.25, 0.3) is 5.91 Å². The van der Waals surface area contributed by atoms with Crippen molar-refractivity contribution in [2.45, 2.75) is 6.92 Å². The van der Waals surface area contributed by atoms with Crippen LogP contribution in [0.5, 0.6) is 0 Å². The molecule has 1 N–H and O–H groups in total. The van der Waals surface area contributed by atoms with Crippen LogP contribution in [0, 0.1) is 6.92 Å². The summed E-state index contributed by atoms with van der Waals surface area (Å²) in [6, 6.07) is 19.0. The van der Waals surface area contributed by atoms with Crippen molar-refractivity contribution in [1.82, 2.24) is 4.98 Å². The number of rotatable bonds is 3. The average Bonchev–Trinajstić information content (AvgIpc) is 3.18. The largest absolute Gasteiger partial charge is 0.322 e. The Labute approximate surface area is 160 Å². The Hall–Kier alpha value is -2.69. The maximum absolute atomic E-state index is 13.0. The highest BCUT2D eigenvalue weighted by Crippen LogP contribution is 2.29. The topological polar surface area (TPSA) is 42.0 Å². The molecule has 0 aliphatic heterocycles. The predicted molar refractivity (Wildman–Crippen MR) is 109 cm³/mol. The molecule has 26 heavy (non-hydrogen) atoms. The van der Waals surface area contributed by atoms with Crippen LogP contribution in [-0.2, 0) is 0 Å². The number of hydrogen-bond acceptors (Lipinski definition) is 3. The van der Waals surface area contributed by atoms with E-state index < -0.39 is 0 Å². The van der Waals surface area contributed by atoms with Gasteiger partial charge in [-0.15, -0.1) is 11.3 Å². The number of benzene rings is 2. The maximum Gasteiger partial charge on any atom is 0.256 e. The predicted octanol–water partition coefficient (Wildman–Crippen LogP) is 6.18. The number of amides is 1. The Morgan fingerprint density at radius 1 is 1.08 bits per heavy atom. The van der Waals surface area contributed by atoms with Gasteiger partial charge in [-0.2, -0.15) is 0 Å². The number of aryl methyl sites for hydroxylation is 1. The van der Waals surface area contributed by atoms with Crippen molar-refractivity contribution in [2.24, 2.45) is 0 Å². The molecule has 0 radical (unpaired) electrons. The fourth-order valence-corrected chi connectivity index (χ4v) is 3.78. The molecule has 0 saturated heterocycles. The number of thiophene rings is 1. The average molecular weight is 379 g/mol. The first-order valence-corrected chi connectivity index (χ1v) is 9.39. The van der Waals surface area contributed by atoms with Crippen molar-refractivity contribution in [3.63, 3.8) is 0 Å². The van der Waals surface area contributed by atoms with E-state index in [1.807, 2.05) is 66.9 Å². The molecule has 0 bridgehead atoms. The quantitative estimate of drug-likeness (QED) is 0.462. The molecule has 5 heteroatoms. The first-order chi connectivity index (χ1) is 12.6. The van der Waals surface area contributed by atoms with Crippen LogP contribution < -0.4 is 5.32 Å². The van der Waals surface area contributed by atoms with Gasteiger partial charge in [-0.25, -0.2) is 4.98 Å². The van der Waals surface area contributed by atoms with Crippen molar-refractivity contribution < 1.29 is 4.79 Å². The van der Waals surface area contributed by atoms with Gasteiger partial charge in [0, 0.05) is 16.1 Å². The number of nitrogens with zero attached hydrogens (tertiary/aromatic N) is 1. The van der Waals surface area contributed by atoms with E-state index in [2.05, 4.69) is 5.32 Å². The minimum absolute atomic E-state index is 0.160.